The number of hydrogen-bond donors (Lipinski definition) is 1. The SMILES string of the molecule is O=C1/C(=C\O)CCc2ccc(F)cc21. The molecule has 0 bridgehead atoms. The van der Waals surface area contributed by atoms with Gasteiger partial charge in [-0.15, -0.1) is 0 Å². The number of ketones is 1. The van der Waals surface area contributed by atoms with E-state index in [1.54, 1.807) is 6.07 Å². The molecule has 0 fully saturated rings. The standard InChI is InChI=1S/C11H9FO2/c12-9-4-3-7-1-2-8(6-13)11(14)10(7)5-9/h3-6,13H,1-2H2/b8-6-. The highest BCUT2D eigenvalue weighted by Crippen LogP contribution is 2.25. The molecule has 0 spiro atoms. The molecule has 0 aromatic heterocycles. The van der Waals surface area contributed by atoms with E-state index < -0.39 is 5.82 Å². The second-order valence-corrected chi connectivity index (χ2v) is 3.28. The van der Waals surface area contributed by atoms with Gasteiger partial charge >= 0.3 is 0 Å². The van der Waals surface area contributed by atoms with Crippen LogP contribution in [0, 0.1) is 5.82 Å². The average Bonchev–Trinajstić information content (AvgIpc) is 2.20. The van der Waals surface area contributed by atoms with Gasteiger partial charge < -0.3 is 5.11 Å². The monoisotopic (exact) mass is 192 g/mol. The fraction of sp³-hybridized carbons (Fsp3) is 0.182. The lowest BCUT2D eigenvalue weighted by molar-refractivity contribution is 0.102. The lowest BCUT2D eigenvalue weighted by Gasteiger charge is -2.16. The molecule has 1 aromatic rings. The number of aryl methyl sites for hydroxylation is 1. The lowest BCUT2D eigenvalue weighted by atomic mass is 9.87. The summed E-state index contributed by atoms with van der Waals surface area (Å²) in [6.07, 6.45) is 2.01. The molecule has 72 valence electrons. The van der Waals surface area contributed by atoms with Crippen LogP contribution in [0.25, 0.3) is 0 Å². The Morgan fingerprint density at radius 1 is 1.36 bits per heavy atom. The summed E-state index contributed by atoms with van der Waals surface area (Å²) in [6, 6.07) is 4.19. The van der Waals surface area contributed by atoms with E-state index >= 15 is 0 Å². The van der Waals surface area contributed by atoms with Crippen molar-refractivity contribution in [2.75, 3.05) is 0 Å². The molecule has 3 heteroatoms. The van der Waals surface area contributed by atoms with Gasteiger partial charge in [0.15, 0.2) is 5.78 Å². The molecule has 1 N–H and O–H groups in total. The molecular weight excluding hydrogens is 183 g/mol. The summed E-state index contributed by atoms with van der Waals surface area (Å²) < 4.78 is 12.9. The minimum absolute atomic E-state index is 0.270. The number of fused-ring (bicyclic) bond motifs is 1. The summed E-state index contributed by atoms with van der Waals surface area (Å²) in [7, 11) is 0. The topological polar surface area (TPSA) is 37.3 Å². The number of hydrogen-bond acceptors (Lipinski definition) is 2. The molecule has 14 heavy (non-hydrogen) atoms. The van der Waals surface area contributed by atoms with Gasteiger partial charge in [0.25, 0.3) is 0 Å². The van der Waals surface area contributed by atoms with Crippen LogP contribution in [0.4, 0.5) is 4.39 Å². The smallest absolute Gasteiger partial charge is 0.192 e. The molecule has 0 unspecified atom stereocenters. The fourth-order valence-electron chi connectivity index (χ4n) is 1.66. The first-order valence-electron chi connectivity index (χ1n) is 4.39. The van der Waals surface area contributed by atoms with Gasteiger partial charge in [-0.05, 0) is 30.5 Å². The van der Waals surface area contributed by atoms with E-state index in [0.717, 1.165) is 11.8 Å². The molecule has 2 rings (SSSR count). The lowest BCUT2D eigenvalue weighted by Crippen LogP contribution is -2.14. The maximum atomic E-state index is 12.9. The Morgan fingerprint density at radius 3 is 2.86 bits per heavy atom. The number of allylic oxidation sites excluding steroid dienone is 1. The normalized spacial score (nSPS) is 18.4. The van der Waals surface area contributed by atoms with Crippen LogP contribution >= 0.6 is 0 Å². The summed E-state index contributed by atoms with van der Waals surface area (Å²) in [5.74, 6) is -0.690. The zero-order valence-electron chi connectivity index (χ0n) is 7.46. The Morgan fingerprint density at radius 2 is 2.14 bits per heavy atom. The van der Waals surface area contributed by atoms with Gasteiger partial charge in [-0.2, -0.15) is 0 Å². The minimum Gasteiger partial charge on any atom is -0.515 e. The largest absolute Gasteiger partial charge is 0.515 e. The zero-order valence-corrected chi connectivity index (χ0v) is 7.46. The summed E-state index contributed by atoms with van der Waals surface area (Å²) in [5.41, 5.74) is 1.57. The molecule has 0 saturated heterocycles. The number of carbonyl (C=O) groups excluding carboxylic acids is 1. The van der Waals surface area contributed by atoms with Crippen LogP contribution in [-0.4, -0.2) is 10.9 Å². The number of benzene rings is 1. The van der Waals surface area contributed by atoms with Crippen molar-refractivity contribution >= 4 is 5.78 Å². The molecule has 2 nitrogen and oxygen atoms in total. The van der Waals surface area contributed by atoms with E-state index in [1.807, 2.05) is 0 Å². The van der Waals surface area contributed by atoms with Crippen LogP contribution in [0.1, 0.15) is 22.3 Å². The van der Waals surface area contributed by atoms with Crippen molar-refractivity contribution in [3.63, 3.8) is 0 Å². The maximum absolute atomic E-state index is 12.9. The third kappa shape index (κ3) is 1.31. The number of halogens is 1. The summed E-state index contributed by atoms with van der Waals surface area (Å²) in [4.78, 5) is 11.6. The van der Waals surface area contributed by atoms with E-state index in [1.165, 1.54) is 12.1 Å². The number of carbonyl (C=O) groups is 1. The first-order valence-corrected chi connectivity index (χ1v) is 4.39. The summed E-state index contributed by atoms with van der Waals surface area (Å²) >= 11 is 0. The van der Waals surface area contributed by atoms with Crippen molar-refractivity contribution in [2.24, 2.45) is 0 Å². The zero-order chi connectivity index (χ0) is 10.1. The third-order valence-corrected chi connectivity index (χ3v) is 2.43. The fourth-order valence-corrected chi connectivity index (χ4v) is 1.66. The first kappa shape index (κ1) is 8.94. The Hall–Kier alpha value is -1.64. The van der Waals surface area contributed by atoms with E-state index in [-0.39, 0.29) is 5.78 Å². The Kier molecular flexibility index (Phi) is 2.08. The van der Waals surface area contributed by atoms with Crippen LogP contribution in [0.3, 0.4) is 0 Å². The number of Topliss-reactive ketones (excluding diaryl/α,β-unsaturated/α-hetero) is 1. The van der Waals surface area contributed by atoms with E-state index in [9.17, 15) is 9.18 Å². The molecule has 0 amide bonds. The molecular formula is C11H9FO2. The summed E-state index contributed by atoms with van der Waals surface area (Å²) in [6.45, 7) is 0. The second kappa shape index (κ2) is 3.25. The third-order valence-electron chi connectivity index (χ3n) is 2.43. The van der Waals surface area contributed by atoms with Gasteiger partial charge in [-0.25, -0.2) is 4.39 Å². The van der Waals surface area contributed by atoms with Gasteiger partial charge in [-0.3, -0.25) is 4.79 Å². The molecule has 0 radical (unpaired) electrons. The molecule has 0 saturated carbocycles. The summed E-state index contributed by atoms with van der Waals surface area (Å²) in [5, 5.41) is 8.78. The number of aliphatic hydroxyl groups excluding tert-OH is 1. The van der Waals surface area contributed by atoms with Crippen molar-refractivity contribution in [1.29, 1.82) is 0 Å². The highest BCUT2D eigenvalue weighted by molar-refractivity contribution is 6.10. The van der Waals surface area contributed by atoms with Crippen LogP contribution in [0.15, 0.2) is 30.0 Å². The van der Waals surface area contributed by atoms with Gasteiger partial charge in [0.2, 0.25) is 0 Å². The maximum Gasteiger partial charge on any atom is 0.192 e. The predicted octanol–water partition coefficient (Wildman–Crippen LogP) is 2.40. The average molecular weight is 192 g/mol. The van der Waals surface area contributed by atoms with Crippen LogP contribution in [-0.2, 0) is 6.42 Å². The number of rotatable bonds is 0. The van der Waals surface area contributed by atoms with Crippen molar-refractivity contribution in [3.8, 4) is 0 Å². The molecule has 1 aliphatic rings. The van der Waals surface area contributed by atoms with E-state index in [2.05, 4.69) is 0 Å². The van der Waals surface area contributed by atoms with Crippen LogP contribution in [0.2, 0.25) is 0 Å². The molecule has 0 heterocycles. The van der Waals surface area contributed by atoms with Crippen LogP contribution < -0.4 is 0 Å². The van der Waals surface area contributed by atoms with Crippen LogP contribution in [0.5, 0.6) is 0 Å². The quantitative estimate of drug-likeness (QED) is 0.506. The van der Waals surface area contributed by atoms with Gasteiger partial charge in [-0.1, -0.05) is 6.07 Å². The predicted molar refractivity (Wildman–Crippen MR) is 49.8 cm³/mol. The second-order valence-electron chi connectivity index (χ2n) is 3.28. The van der Waals surface area contributed by atoms with Crippen molar-refractivity contribution < 1.29 is 14.3 Å². The molecule has 0 atom stereocenters. The van der Waals surface area contributed by atoms with Crippen molar-refractivity contribution in [1.82, 2.24) is 0 Å². The molecule has 0 aliphatic heterocycles. The highest BCUT2D eigenvalue weighted by atomic mass is 19.1. The van der Waals surface area contributed by atoms with E-state index in [0.29, 0.717) is 24.0 Å². The van der Waals surface area contributed by atoms with Crippen molar-refractivity contribution in [2.45, 2.75) is 12.8 Å². The van der Waals surface area contributed by atoms with E-state index in [4.69, 9.17) is 5.11 Å². The number of aliphatic hydroxyl groups is 1. The first-order chi connectivity index (χ1) is 6.72. The Balaban J connectivity index is 2.54. The van der Waals surface area contributed by atoms with Crippen molar-refractivity contribution in [3.05, 3.63) is 47.0 Å². The molecule has 1 aliphatic carbocycles. The Labute approximate surface area is 80.7 Å². The van der Waals surface area contributed by atoms with Gasteiger partial charge in [0.05, 0.1) is 6.26 Å². The van der Waals surface area contributed by atoms with Gasteiger partial charge in [0, 0.05) is 11.1 Å². The van der Waals surface area contributed by atoms with Gasteiger partial charge in [0.1, 0.15) is 5.82 Å². The Bertz CT molecular complexity index is 421. The minimum atomic E-state index is -0.420. The highest BCUT2D eigenvalue weighted by Gasteiger charge is 2.22. The molecule has 1 aromatic carbocycles.